The minimum absolute atomic E-state index is 0. The lowest BCUT2D eigenvalue weighted by Crippen LogP contribution is -1.65. The monoisotopic (exact) mass is 194 g/mol. The normalized spacial score (nSPS) is 10.1. The molecule has 0 aliphatic carbocycles. The molecule has 0 fully saturated rings. The highest BCUT2D eigenvalue weighted by Gasteiger charge is 2.02. The maximum absolute atomic E-state index is 9.84. The van der Waals surface area contributed by atoms with Crippen LogP contribution in [0.15, 0.2) is 11.9 Å². The van der Waals surface area contributed by atoms with Crippen molar-refractivity contribution >= 4 is 32.4 Å². The fourth-order valence-corrected chi connectivity index (χ4v) is 0.583. The molecule has 0 amide bonds. The highest BCUT2D eigenvalue weighted by atomic mass is 35.5. The van der Waals surface area contributed by atoms with E-state index in [-0.39, 0.29) is 24.8 Å². The lowest BCUT2D eigenvalue weighted by atomic mass is 10.8. The summed E-state index contributed by atoms with van der Waals surface area (Å²) in [7, 11) is -3.85. The van der Waals surface area contributed by atoms with Crippen molar-refractivity contribution in [2.24, 2.45) is 0 Å². The van der Waals surface area contributed by atoms with Gasteiger partial charge in [0.1, 0.15) is 0 Å². The Morgan fingerprint density at radius 3 is 1.67 bits per heavy atom. The summed E-state index contributed by atoms with van der Waals surface area (Å²) >= 11 is 0. The molecule has 0 aromatic rings. The Morgan fingerprint density at radius 2 is 1.67 bits per heavy atom. The van der Waals surface area contributed by atoms with Gasteiger partial charge in [-0.2, -0.15) is 0 Å². The van der Waals surface area contributed by atoms with Crippen molar-refractivity contribution in [3.05, 3.63) is 11.9 Å². The molecule has 6 heteroatoms. The van der Waals surface area contributed by atoms with Crippen molar-refractivity contribution in [2.45, 2.75) is 6.92 Å². The van der Waals surface area contributed by atoms with Gasteiger partial charge in [-0.3, -0.25) is 4.57 Å². The summed E-state index contributed by atoms with van der Waals surface area (Å²) in [4.78, 5) is 16.1. The number of rotatable bonds is 1. The van der Waals surface area contributed by atoms with Crippen molar-refractivity contribution in [2.75, 3.05) is 0 Å². The standard InChI is InChI=1S/C3H7O3P.2ClH/c1-2-3-7(4,5)6;;/h2-3H,1H3,(H2,4,5,6);2*1H. The second-order valence-electron chi connectivity index (χ2n) is 1.07. The zero-order chi connectivity index (χ0) is 5.91. The average Bonchev–Trinajstić information content (AvgIpc) is 1.30. The Balaban J connectivity index is -0.000000180. The van der Waals surface area contributed by atoms with Crippen LogP contribution in [-0.4, -0.2) is 9.79 Å². The molecule has 0 bridgehead atoms. The van der Waals surface area contributed by atoms with Crippen LogP contribution in [0.2, 0.25) is 0 Å². The Labute approximate surface area is 66.1 Å². The predicted molar refractivity (Wildman–Crippen MR) is 41.4 cm³/mol. The smallest absolute Gasteiger partial charge is 0.321 e. The lowest BCUT2D eigenvalue weighted by Gasteiger charge is -1.89. The van der Waals surface area contributed by atoms with Crippen molar-refractivity contribution in [3.8, 4) is 0 Å². The molecule has 0 aromatic carbocycles. The van der Waals surface area contributed by atoms with Gasteiger partial charge in [-0.1, -0.05) is 6.08 Å². The molecule has 58 valence electrons. The van der Waals surface area contributed by atoms with Gasteiger partial charge in [0.05, 0.1) is 0 Å². The Hall–Kier alpha value is 0.470. The van der Waals surface area contributed by atoms with E-state index in [0.717, 1.165) is 5.82 Å². The SMILES string of the molecule is CC=CP(=O)(O)O.Cl.Cl. The van der Waals surface area contributed by atoms with Gasteiger partial charge < -0.3 is 9.79 Å². The minimum atomic E-state index is -3.85. The number of allylic oxidation sites excluding steroid dienone is 1. The third-order valence-corrected chi connectivity index (χ3v) is 1.03. The zero-order valence-electron chi connectivity index (χ0n) is 4.72. The van der Waals surface area contributed by atoms with Crippen LogP contribution >= 0.6 is 32.4 Å². The molecule has 0 unspecified atom stereocenters. The van der Waals surface area contributed by atoms with Crippen molar-refractivity contribution in [3.63, 3.8) is 0 Å². The summed E-state index contributed by atoms with van der Waals surface area (Å²) in [5.74, 6) is 0.854. The maximum Gasteiger partial charge on any atom is 0.348 e. The third-order valence-electron chi connectivity index (χ3n) is 0.343. The fourth-order valence-electron chi connectivity index (χ4n) is 0.194. The fraction of sp³-hybridized carbons (Fsp3) is 0.333. The van der Waals surface area contributed by atoms with E-state index in [9.17, 15) is 4.57 Å². The highest BCUT2D eigenvalue weighted by molar-refractivity contribution is 7.55. The van der Waals surface area contributed by atoms with Gasteiger partial charge >= 0.3 is 7.60 Å². The molecule has 0 radical (unpaired) electrons. The van der Waals surface area contributed by atoms with E-state index in [1.54, 1.807) is 6.92 Å². The first-order chi connectivity index (χ1) is 3.06. The number of hydrogen-bond donors (Lipinski definition) is 2. The third kappa shape index (κ3) is 17.7. The minimum Gasteiger partial charge on any atom is -0.321 e. The van der Waals surface area contributed by atoms with Crippen LogP contribution < -0.4 is 0 Å². The van der Waals surface area contributed by atoms with E-state index >= 15 is 0 Å². The summed E-state index contributed by atoms with van der Waals surface area (Å²) in [5, 5.41) is 0. The molecule has 2 N–H and O–H groups in total. The molecule has 0 heterocycles. The molecular formula is C3H9Cl2O3P. The van der Waals surface area contributed by atoms with Crippen molar-refractivity contribution in [1.82, 2.24) is 0 Å². The van der Waals surface area contributed by atoms with E-state index in [1.165, 1.54) is 6.08 Å². The topological polar surface area (TPSA) is 57.5 Å². The van der Waals surface area contributed by atoms with Gasteiger partial charge in [-0.15, -0.1) is 24.8 Å². The molecule has 0 rings (SSSR count). The van der Waals surface area contributed by atoms with Gasteiger partial charge in [0.15, 0.2) is 0 Å². The molecular weight excluding hydrogens is 186 g/mol. The summed E-state index contributed by atoms with van der Waals surface area (Å²) in [6.07, 6.45) is 1.32. The second kappa shape index (κ2) is 6.59. The van der Waals surface area contributed by atoms with E-state index in [2.05, 4.69) is 0 Å². The van der Waals surface area contributed by atoms with Crippen molar-refractivity contribution < 1.29 is 14.4 Å². The van der Waals surface area contributed by atoms with Gasteiger partial charge in [-0.25, -0.2) is 0 Å². The molecule has 3 nitrogen and oxygen atoms in total. The molecule has 0 aromatic heterocycles. The molecule has 0 saturated carbocycles. The zero-order valence-corrected chi connectivity index (χ0v) is 7.25. The second-order valence-corrected chi connectivity index (χ2v) is 2.55. The van der Waals surface area contributed by atoms with Crippen LogP contribution in [0, 0.1) is 0 Å². The van der Waals surface area contributed by atoms with Crippen LogP contribution in [0.1, 0.15) is 6.92 Å². The molecule has 0 spiro atoms. The molecule has 9 heavy (non-hydrogen) atoms. The van der Waals surface area contributed by atoms with E-state index in [4.69, 9.17) is 9.79 Å². The van der Waals surface area contributed by atoms with Gasteiger partial charge in [0.2, 0.25) is 0 Å². The maximum atomic E-state index is 9.84. The molecule has 0 saturated heterocycles. The molecule has 0 atom stereocenters. The first-order valence-electron chi connectivity index (χ1n) is 1.75. The van der Waals surface area contributed by atoms with E-state index < -0.39 is 7.60 Å². The Kier molecular flexibility index (Phi) is 11.9. The van der Waals surface area contributed by atoms with Crippen molar-refractivity contribution in [1.29, 1.82) is 0 Å². The van der Waals surface area contributed by atoms with Crippen LogP contribution in [0.4, 0.5) is 0 Å². The van der Waals surface area contributed by atoms with Crippen LogP contribution in [0.25, 0.3) is 0 Å². The Bertz CT molecular complexity index is 118. The van der Waals surface area contributed by atoms with Crippen LogP contribution in [-0.2, 0) is 4.57 Å². The van der Waals surface area contributed by atoms with Crippen LogP contribution in [0.3, 0.4) is 0 Å². The number of hydrogen-bond acceptors (Lipinski definition) is 1. The predicted octanol–water partition coefficient (Wildman–Crippen LogP) is 1.54. The summed E-state index contributed by atoms with van der Waals surface area (Å²) in [6, 6.07) is 0. The first kappa shape index (κ1) is 16.2. The summed E-state index contributed by atoms with van der Waals surface area (Å²) in [6.45, 7) is 1.55. The van der Waals surface area contributed by atoms with E-state index in [1.807, 2.05) is 0 Å². The van der Waals surface area contributed by atoms with Gasteiger partial charge in [-0.05, 0) is 6.92 Å². The van der Waals surface area contributed by atoms with Gasteiger partial charge in [0.25, 0.3) is 0 Å². The number of halogens is 2. The Morgan fingerprint density at radius 1 is 1.33 bits per heavy atom. The first-order valence-corrected chi connectivity index (χ1v) is 3.43. The quantitative estimate of drug-likeness (QED) is 0.623. The van der Waals surface area contributed by atoms with Gasteiger partial charge in [0, 0.05) is 5.82 Å². The molecule has 0 aliphatic rings. The van der Waals surface area contributed by atoms with E-state index in [0.29, 0.717) is 0 Å². The summed E-state index contributed by atoms with van der Waals surface area (Å²) in [5.41, 5.74) is 0. The van der Waals surface area contributed by atoms with Crippen LogP contribution in [0.5, 0.6) is 0 Å². The average molecular weight is 195 g/mol. The lowest BCUT2D eigenvalue weighted by molar-refractivity contribution is 0.386. The summed E-state index contributed by atoms with van der Waals surface area (Å²) < 4.78 is 9.84. The largest absolute Gasteiger partial charge is 0.348 e. The molecule has 0 aliphatic heterocycles. The highest BCUT2D eigenvalue weighted by Crippen LogP contribution is 2.35.